The van der Waals surface area contributed by atoms with E-state index in [1.165, 1.54) is 12.1 Å². The summed E-state index contributed by atoms with van der Waals surface area (Å²) in [6.45, 7) is 0. The molecule has 17 heteroatoms. The van der Waals surface area contributed by atoms with Crippen LogP contribution < -0.4 is 0 Å². The van der Waals surface area contributed by atoms with Gasteiger partial charge in [-0.05, 0) is 46.8 Å². The van der Waals surface area contributed by atoms with E-state index >= 15 is 0 Å². The molecule has 29 heavy (non-hydrogen) atoms. The van der Waals surface area contributed by atoms with E-state index in [1.807, 2.05) is 0 Å². The van der Waals surface area contributed by atoms with Gasteiger partial charge in [-0.2, -0.15) is 0 Å². The first-order chi connectivity index (χ1) is 13.0. The first-order valence-electron chi connectivity index (χ1n) is 6.98. The van der Waals surface area contributed by atoms with Crippen LogP contribution in [-0.2, 0) is 20.2 Å². The molecule has 0 saturated carbocycles. The fourth-order valence-corrected chi connectivity index (χ4v) is 3.07. The Morgan fingerprint density at radius 3 is 1.38 bits per heavy atom. The van der Waals surface area contributed by atoms with Crippen LogP contribution in [0.2, 0.25) is 0 Å². The summed E-state index contributed by atoms with van der Waals surface area (Å²) in [5.41, 5.74) is 0.753. The Kier molecular flexibility index (Phi) is 6.30. The van der Waals surface area contributed by atoms with E-state index in [9.17, 15) is 25.9 Å². The third kappa shape index (κ3) is 4.89. The minimum Gasteiger partial charge on any atom is -0.744 e. The molecule has 0 bridgehead atoms. The van der Waals surface area contributed by atoms with Crippen molar-refractivity contribution in [3.05, 3.63) is 36.4 Å². The summed E-state index contributed by atoms with van der Waals surface area (Å²) in [5.74, 6) is 0. The van der Waals surface area contributed by atoms with Crippen LogP contribution in [0.3, 0.4) is 0 Å². The summed E-state index contributed by atoms with van der Waals surface area (Å²) in [6.07, 6.45) is 0. The zero-order valence-electron chi connectivity index (χ0n) is 14.0. The maximum absolute atomic E-state index is 10.6. The molecule has 4 aromatic rings. The molecule has 0 amide bonds. The molecule has 2 aromatic carbocycles. The number of fused-ring (bicyclic) bond motifs is 2. The fourth-order valence-electron chi connectivity index (χ4n) is 2.08. The van der Waals surface area contributed by atoms with Crippen molar-refractivity contribution in [1.82, 2.24) is 30.3 Å². The maximum Gasteiger partial charge on any atom is 2.00 e. The summed E-state index contributed by atoms with van der Waals surface area (Å²) in [6, 6.07) is 6.83. The number of nitrogens with zero attached hydrogens (tertiary/aromatic N) is 6. The van der Waals surface area contributed by atoms with E-state index in [2.05, 4.69) is 20.6 Å². The summed E-state index contributed by atoms with van der Waals surface area (Å²) >= 11 is 0. The van der Waals surface area contributed by atoms with E-state index in [1.54, 1.807) is 0 Å². The molecule has 2 N–H and O–H groups in total. The summed E-state index contributed by atoms with van der Waals surface area (Å²) < 4.78 is 63.7. The minimum absolute atomic E-state index is 0. The van der Waals surface area contributed by atoms with Crippen molar-refractivity contribution >= 4 is 65.4 Å². The molecular formula is C12H8MgN6O8S2. The Bertz CT molecular complexity index is 1290. The van der Waals surface area contributed by atoms with Gasteiger partial charge in [-0.25, -0.2) is 16.8 Å². The van der Waals surface area contributed by atoms with E-state index < -0.39 is 30.0 Å². The van der Waals surface area contributed by atoms with Crippen LogP contribution in [0.15, 0.2) is 46.2 Å². The number of aromatic nitrogens is 6. The Hall–Kier alpha value is -2.57. The van der Waals surface area contributed by atoms with Crippen molar-refractivity contribution in [3.63, 3.8) is 0 Å². The molecular weight excluding hydrogens is 445 g/mol. The number of hydrogen-bond acceptors (Lipinski definition) is 12. The third-order valence-corrected chi connectivity index (χ3v) is 5.04. The molecule has 0 aliphatic carbocycles. The predicted octanol–water partition coefficient (Wildman–Crippen LogP) is -1.24. The van der Waals surface area contributed by atoms with Crippen LogP contribution in [0, 0.1) is 0 Å². The molecule has 0 fully saturated rings. The number of rotatable bonds is 2. The summed E-state index contributed by atoms with van der Waals surface area (Å²) in [5, 5.41) is 31.6. The van der Waals surface area contributed by atoms with Crippen LogP contribution in [0.1, 0.15) is 0 Å². The first-order valence-corrected chi connectivity index (χ1v) is 9.80. The number of hydrogen-bond donors (Lipinski definition) is 2. The predicted molar refractivity (Wildman–Crippen MR) is 91.1 cm³/mol. The van der Waals surface area contributed by atoms with Gasteiger partial charge in [-0.1, -0.05) is 9.69 Å². The van der Waals surface area contributed by atoms with Crippen molar-refractivity contribution in [2.45, 2.75) is 9.79 Å². The van der Waals surface area contributed by atoms with Gasteiger partial charge >= 0.3 is 23.1 Å². The molecule has 148 valence electrons. The zero-order valence-corrected chi connectivity index (χ0v) is 17.1. The second-order valence-electron chi connectivity index (χ2n) is 5.17. The van der Waals surface area contributed by atoms with E-state index in [4.69, 9.17) is 10.4 Å². The fraction of sp³-hybridized carbons (Fsp3) is 0. The van der Waals surface area contributed by atoms with Crippen LogP contribution in [0.25, 0.3) is 22.1 Å². The van der Waals surface area contributed by atoms with E-state index in [0.29, 0.717) is 20.7 Å². The second-order valence-corrected chi connectivity index (χ2v) is 7.93. The standard InChI is InChI=1S/2C6H5N3O4S.Mg/c2*10-9-6-3-4(14(11,12)13)1-2-5(6)7-8-9;/h2*1-3,10H,(H,11,12,13);/q;;+2/p-2. The average molecular weight is 453 g/mol. The van der Waals surface area contributed by atoms with Crippen molar-refractivity contribution in [2.24, 2.45) is 0 Å². The SMILES string of the molecule is O=S(=O)([O-])c1ccc2nnn(O)c2c1.O=S(=O)([O-])c1ccc2nnn(O)c2c1.[Mg+2]. The van der Waals surface area contributed by atoms with Crippen LogP contribution in [0.5, 0.6) is 0 Å². The minimum atomic E-state index is -4.52. The Balaban J connectivity index is 0.000000200. The largest absolute Gasteiger partial charge is 2.00 e. The van der Waals surface area contributed by atoms with Gasteiger partial charge in [0.15, 0.2) is 0 Å². The molecule has 4 rings (SSSR count). The molecule has 0 radical (unpaired) electrons. The average Bonchev–Trinajstić information content (AvgIpc) is 3.17. The Labute approximate surface area is 177 Å². The Morgan fingerprint density at radius 2 is 1.07 bits per heavy atom. The van der Waals surface area contributed by atoms with Gasteiger partial charge in [-0.3, -0.25) is 0 Å². The molecule has 14 nitrogen and oxygen atoms in total. The second kappa shape index (κ2) is 8.04. The quantitative estimate of drug-likeness (QED) is 0.207. The molecule has 2 heterocycles. The molecule has 0 spiro atoms. The van der Waals surface area contributed by atoms with Gasteiger partial charge in [0.25, 0.3) is 0 Å². The van der Waals surface area contributed by atoms with E-state index in [-0.39, 0.29) is 34.1 Å². The van der Waals surface area contributed by atoms with Crippen molar-refractivity contribution < 1.29 is 36.4 Å². The molecule has 0 atom stereocenters. The smallest absolute Gasteiger partial charge is 0.744 e. The van der Waals surface area contributed by atoms with Gasteiger partial charge < -0.3 is 19.5 Å². The van der Waals surface area contributed by atoms with Gasteiger partial charge in [0.05, 0.1) is 9.79 Å². The van der Waals surface area contributed by atoms with Gasteiger partial charge in [0.1, 0.15) is 42.3 Å². The maximum atomic E-state index is 10.6. The zero-order chi connectivity index (χ0) is 20.7. The van der Waals surface area contributed by atoms with Crippen molar-refractivity contribution in [1.29, 1.82) is 0 Å². The van der Waals surface area contributed by atoms with Crippen molar-refractivity contribution in [3.8, 4) is 0 Å². The van der Waals surface area contributed by atoms with E-state index in [0.717, 1.165) is 24.3 Å². The van der Waals surface area contributed by atoms with Crippen LogP contribution in [-0.4, -0.2) is 89.7 Å². The van der Waals surface area contributed by atoms with Crippen LogP contribution >= 0.6 is 0 Å². The third-order valence-electron chi connectivity index (χ3n) is 3.38. The van der Waals surface area contributed by atoms with Crippen molar-refractivity contribution in [2.75, 3.05) is 0 Å². The number of benzene rings is 2. The Morgan fingerprint density at radius 1 is 0.724 bits per heavy atom. The molecule has 0 aliphatic rings. The summed E-state index contributed by atoms with van der Waals surface area (Å²) in [7, 11) is -9.04. The van der Waals surface area contributed by atoms with Gasteiger partial charge in [0, 0.05) is 0 Å². The van der Waals surface area contributed by atoms with Gasteiger partial charge in [0.2, 0.25) is 0 Å². The normalized spacial score (nSPS) is 11.7. The van der Waals surface area contributed by atoms with Crippen LogP contribution in [0.4, 0.5) is 0 Å². The topological polar surface area (TPSA) is 216 Å². The summed E-state index contributed by atoms with van der Waals surface area (Å²) in [4.78, 5) is -0.0428. The van der Waals surface area contributed by atoms with Gasteiger partial charge in [-0.15, -0.1) is 10.2 Å². The molecule has 0 saturated heterocycles. The molecule has 0 unspecified atom stereocenters. The molecule has 0 aliphatic heterocycles. The monoisotopic (exact) mass is 452 g/mol. The first kappa shape index (κ1) is 22.7. The molecule has 2 aromatic heterocycles.